The minimum atomic E-state index is 0.670. The number of para-hydroxylation sites is 1. The average Bonchev–Trinajstić information content (AvgIpc) is 3.30. The molecule has 5 rings (SSSR count). The normalized spacial score (nSPS) is 12.5. The summed E-state index contributed by atoms with van der Waals surface area (Å²) in [5.74, 6) is 0. The number of hydrogen-bond donors (Lipinski definition) is 0. The highest BCUT2D eigenvalue weighted by atomic mass is 35.5. The fraction of sp³-hybridized carbons (Fsp3) is 0.0385. The molecule has 3 heterocycles. The van der Waals surface area contributed by atoms with Crippen LogP contribution in [0.3, 0.4) is 0 Å². The Morgan fingerprint density at radius 3 is 2.67 bits per heavy atom. The zero-order chi connectivity index (χ0) is 20.7. The number of imidazole rings is 1. The van der Waals surface area contributed by atoms with Gasteiger partial charge in [0.2, 0.25) is 0 Å². The van der Waals surface area contributed by atoms with Gasteiger partial charge in [-0.1, -0.05) is 78.9 Å². The molecule has 0 unspecified atom stereocenters. The van der Waals surface area contributed by atoms with Gasteiger partial charge in [-0.3, -0.25) is 4.40 Å². The van der Waals surface area contributed by atoms with Crippen LogP contribution in [0.4, 0.5) is 0 Å². The van der Waals surface area contributed by atoms with Gasteiger partial charge in [-0.2, -0.15) is 0 Å². The molecule has 146 valence electrons. The van der Waals surface area contributed by atoms with E-state index in [1.54, 1.807) is 6.08 Å². The maximum atomic E-state index is 6.61. The molecular formula is C26H19ClN2O. The van der Waals surface area contributed by atoms with Crippen LogP contribution in [-0.2, 0) is 0 Å². The SMILES string of the molecule is C=C/C=C(\C=C/C)c1nc2cc3c(cn2c1-c1ccccc1Cl)oc1ccccc13. The van der Waals surface area contributed by atoms with Crippen molar-refractivity contribution >= 4 is 44.8 Å². The van der Waals surface area contributed by atoms with Crippen LogP contribution < -0.4 is 0 Å². The van der Waals surface area contributed by atoms with E-state index in [-0.39, 0.29) is 0 Å². The van der Waals surface area contributed by atoms with Crippen molar-refractivity contribution in [1.29, 1.82) is 0 Å². The molecule has 0 N–H and O–H groups in total. The summed E-state index contributed by atoms with van der Waals surface area (Å²) in [6.45, 7) is 5.85. The maximum absolute atomic E-state index is 6.61. The molecule has 0 saturated carbocycles. The highest BCUT2D eigenvalue weighted by Crippen LogP contribution is 2.37. The van der Waals surface area contributed by atoms with Gasteiger partial charge in [0.15, 0.2) is 5.58 Å². The third-order valence-corrected chi connectivity index (χ3v) is 5.50. The molecule has 0 atom stereocenters. The van der Waals surface area contributed by atoms with Gasteiger partial charge in [0.05, 0.1) is 17.6 Å². The van der Waals surface area contributed by atoms with E-state index < -0.39 is 0 Å². The molecule has 0 radical (unpaired) electrons. The van der Waals surface area contributed by atoms with Crippen LogP contribution in [-0.4, -0.2) is 9.38 Å². The predicted molar refractivity (Wildman–Crippen MR) is 126 cm³/mol. The summed E-state index contributed by atoms with van der Waals surface area (Å²) in [5.41, 5.74) is 6.15. The Balaban J connectivity index is 1.92. The van der Waals surface area contributed by atoms with Crippen molar-refractivity contribution < 1.29 is 4.42 Å². The van der Waals surface area contributed by atoms with E-state index in [4.69, 9.17) is 21.0 Å². The van der Waals surface area contributed by atoms with Crippen molar-refractivity contribution in [2.75, 3.05) is 0 Å². The van der Waals surface area contributed by atoms with Crippen LogP contribution in [0.5, 0.6) is 0 Å². The molecule has 0 fully saturated rings. The Labute approximate surface area is 179 Å². The first-order valence-electron chi connectivity index (χ1n) is 9.75. The van der Waals surface area contributed by atoms with Gasteiger partial charge in [0, 0.05) is 26.9 Å². The fourth-order valence-electron chi connectivity index (χ4n) is 3.89. The third kappa shape index (κ3) is 2.87. The van der Waals surface area contributed by atoms with E-state index in [1.807, 2.05) is 73.8 Å². The predicted octanol–water partition coefficient (Wildman–Crippen LogP) is 7.70. The quantitative estimate of drug-likeness (QED) is 0.284. The van der Waals surface area contributed by atoms with Crippen molar-refractivity contribution in [1.82, 2.24) is 9.38 Å². The Morgan fingerprint density at radius 1 is 1.07 bits per heavy atom. The van der Waals surface area contributed by atoms with Crippen LogP contribution in [0.2, 0.25) is 5.02 Å². The summed E-state index contributed by atoms with van der Waals surface area (Å²) in [6, 6.07) is 17.9. The summed E-state index contributed by atoms with van der Waals surface area (Å²) >= 11 is 6.61. The van der Waals surface area contributed by atoms with E-state index >= 15 is 0 Å². The maximum Gasteiger partial charge on any atom is 0.152 e. The molecular weight excluding hydrogens is 392 g/mol. The molecule has 0 amide bonds. The Kier molecular flexibility index (Phi) is 4.53. The fourth-order valence-corrected chi connectivity index (χ4v) is 4.12. The summed E-state index contributed by atoms with van der Waals surface area (Å²) in [6.07, 6.45) is 9.76. The van der Waals surface area contributed by atoms with Gasteiger partial charge in [-0.15, -0.1) is 0 Å². The number of rotatable bonds is 4. The molecule has 0 saturated heterocycles. The van der Waals surface area contributed by atoms with Gasteiger partial charge >= 0.3 is 0 Å². The minimum absolute atomic E-state index is 0.670. The lowest BCUT2D eigenvalue weighted by atomic mass is 10.0. The monoisotopic (exact) mass is 410 g/mol. The molecule has 0 aliphatic carbocycles. The molecule has 3 nitrogen and oxygen atoms in total. The number of hydrogen-bond acceptors (Lipinski definition) is 2. The second-order valence-electron chi connectivity index (χ2n) is 7.02. The molecule has 5 aromatic rings. The van der Waals surface area contributed by atoms with Crippen LogP contribution in [0.25, 0.3) is 44.4 Å². The molecule has 4 heteroatoms. The number of allylic oxidation sites excluding steroid dienone is 5. The molecule has 3 aromatic heterocycles. The van der Waals surface area contributed by atoms with Gasteiger partial charge < -0.3 is 4.42 Å². The van der Waals surface area contributed by atoms with E-state index in [9.17, 15) is 0 Å². The van der Waals surface area contributed by atoms with Crippen LogP contribution in [0.1, 0.15) is 12.6 Å². The van der Waals surface area contributed by atoms with Gasteiger partial charge in [-0.05, 0) is 25.1 Å². The summed E-state index contributed by atoms with van der Waals surface area (Å²) < 4.78 is 8.18. The van der Waals surface area contributed by atoms with Crippen LogP contribution >= 0.6 is 11.6 Å². The number of pyridine rings is 1. The lowest BCUT2D eigenvalue weighted by Crippen LogP contribution is -1.92. The molecule has 0 aliphatic rings. The first-order valence-corrected chi connectivity index (χ1v) is 10.1. The average molecular weight is 411 g/mol. The molecule has 0 spiro atoms. The Bertz CT molecular complexity index is 1480. The van der Waals surface area contributed by atoms with Crippen LogP contribution in [0, 0.1) is 0 Å². The second kappa shape index (κ2) is 7.36. The minimum Gasteiger partial charge on any atom is -0.455 e. The largest absolute Gasteiger partial charge is 0.455 e. The molecule has 30 heavy (non-hydrogen) atoms. The topological polar surface area (TPSA) is 30.4 Å². The number of nitrogens with zero attached hydrogens (tertiary/aromatic N) is 2. The smallest absolute Gasteiger partial charge is 0.152 e. The van der Waals surface area contributed by atoms with E-state index in [1.165, 1.54) is 0 Å². The Morgan fingerprint density at radius 2 is 1.87 bits per heavy atom. The van der Waals surface area contributed by atoms with Gasteiger partial charge in [0.25, 0.3) is 0 Å². The van der Waals surface area contributed by atoms with Crippen LogP contribution in [0.15, 0.2) is 96.1 Å². The molecule has 0 aliphatic heterocycles. The second-order valence-corrected chi connectivity index (χ2v) is 7.43. The molecule has 2 aromatic carbocycles. The highest BCUT2D eigenvalue weighted by Gasteiger charge is 2.20. The number of fused-ring (bicyclic) bond motifs is 4. The zero-order valence-electron chi connectivity index (χ0n) is 16.5. The number of halogens is 1. The zero-order valence-corrected chi connectivity index (χ0v) is 17.2. The summed E-state index contributed by atoms with van der Waals surface area (Å²) in [7, 11) is 0. The summed E-state index contributed by atoms with van der Waals surface area (Å²) in [4.78, 5) is 5.00. The van der Waals surface area contributed by atoms with Gasteiger partial charge in [0.1, 0.15) is 11.2 Å². The standard InChI is InChI=1S/C26H19ClN2O/c1-3-9-17(10-4-2)25-26(19-12-5-7-13-21(19)27)29-16-23-20(15-24(29)28-25)18-11-6-8-14-22(18)30-23/h3-16H,1H2,2H3/b10-4-,17-9+. The van der Waals surface area contributed by atoms with Crippen molar-refractivity contribution in [2.45, 2.75) is 6.92 Å². The van der Waals surface area contributed by atoms with E-state index in [0.717, 1.165) is 50.1 Å². The lowest BCUT2D eigenvalue weighted by molar-refractivity contribution is 0.666. The number of aromatic nitrogens is 2. The number of benzene rings is 2. The third-order valence-electron chi connectivity index (χ3n) is 5.17. The first kappa shape index (κ1) is 18.5. The number of furan rings is 1. The van der Waals surface area contributed by atoms with Crippen molar-refractivity contribution in [3.63, 3.8) is 0 Å². The van der Waals surface area contributed by atoms with Crippen molar-refractivity contribution in [2.24, 2.45) is 0 Å². The lowest BCUT2D eigenvalue weighted by Gasteiger charge is -2.08. The van der Waals surface area contributed by atoms with E-state index in [2.05, 4.69) is 23.1 Å². The highest BCUT2D eigenvalue weighted by molar-refractivity contribution is 6.33. The molecule has 0 bridgehead atoms. The van der Waals surface area contributed by atoms with Crippen molar-refractivity contribution in [3.05, 3.63) is 102 Å². The van der Waals surface area contributed by atoms with Gasteiger partial charge in [-0.25, -0.2) is 4.98 Å². The van der Waals surface area contributed by atoms with E-state index in [0.29, 0.717) is 5.02 Å². The Hall–Kier alpha value is -3.56. The van der Waals surface area contributed by atoms with Crippen molar-refractivity contribution in [3.8, 4) is 11.3 Å². The first-order chi connectivity index (χ1) is 14.7. The summed E-state index contributed by atoms with van der Waals surface area (Å²) in [5, 5.41) is 2.79.